The number of imide groups is 2. The molecule has 0 atom stereocenters. The van der Waals surface area contributed by atoms with Crippen LogP contribution in [-0.2, 0) is 9.59 Å². The van der Waals surface area contributed by atoms with Gasteiger partial charge in [-0.2, -0.15) is 0 Å². The van der Waals surface area contributed by atoms with Crippen LogP contribution < -0.4 is 9.47 Å². The summed E-state index contributed by atoms with van der Waals surface area (Å²) in [6.45, 7) is 1.25. The van der Waals surface area contributed by atoms with Crippen LogP contribution >= 0.6 is 0 Å². The SMILES string of the molecule is CCN1C(=O)C(=O)N(CC(=O)c2ccc3c(c2)OCO3)C1=O. The third-order valence-electron chi connectivity index (χ3n) is 3.45. The van der Waals surface area contributed by atoms with E-state index >= 15 is 0 Å². The van der Waals surface area contributed by atoms with Crippen LogP contribution in [0.2, 0.25) is 0 Å². The van der Waals surface area contributed by atoms with Gasteiger partial charge in [0.15, 0.2) is 17.3 Å². The molecular weight excluding hydrogens is 292 g/mol. The first kappa shape index (κ1) is 14.1. The molecule has 0 bridgehead atoms. The van der Waals surface area contributed by atoms with Crippen molar-refractivity contribution in [1.82, 2.24) is 9.80 Å². The molecule has 2 aliphatic heterocycles. The number of rotatable bonds is 4. The number of ether oxygens (including phenoxy) is 2. The van der Waals surface area contributed by atoms with Gasteiger partial charge >= 0.3 is 17.8 Å². The molecule has 1 saturated heterocycles. The van der Waals surface area contributed by atoms with Crippen molar-refractivity contribution in [2.75, 3.05) is 19.9 Å². The highest BCUT2D eigenvalue weighted by molar-refractivity contribution is 6.45. The highest BCUT2D eigenvalue weighted by Gasteiger charge is 2.44. The summed E-state index contributed by atoms with van der Waals surface area (Å²) in [4.78, 5) is 48.9. The van der Waals surface area contributed by atoms with Gasteiger partial charge in [0.25, 0.3) is 0 Å². The van der Waals surface area contributed by atoms with Crippen molar-refractivity contribution in [2.24, 2.45) is 0 Å². The van der Waals surface area contributed by atoms with E-state index in [4.69, 9.17) is 9.47 Å². The van der Waals surface area contributed by atoms with Crippen LogP contribution in [-0.4, -0.2) is 53.3 Å². The fraction of sp³-hybridized carbons (Fsp3) is 0.286. The molecule has 0 saturated carbocycles. The van der Waals surface area contributed by atoms with E-state index in [-0.39, 0.29) is 18.9 Å². The largest absolute Gasteiger partial charge is 0.454 e. The fourth-order valence-corrected chi connectivity index (χ4v) is 2.27. The van der Waals surface area contributed by atoms with Gasteiger partial charge in [0.1, 0.15) is 0 Å². The Morgan fingerprint density at radius 1 is 1.09 bits per heavy atom. The van der Waals surface area contributed by atoms with E-state index in [9.17, 15) is 19.2 Å². The summed E-state index contributed by atoms with van der Waals surface area (Å²) in [5.74, 6) is -1.41. The Hall–Kier alpha value is -2.90. The van der Waals surface area contributed by atoms with E-state index in [1.54, 1.807) is 13.0 Å². The Balaban J connectivity index is 1.78. The number of urea groups is 1. The van der Waals surface area contributed by atoms with Gasteiger partial charge in [-0.15, -0.1) is 0 Å². The Bertz CT molecular complexity index is 699. The van der Waals surface area contributed by atoms with Crippen molar-refractivity contribution < 1.29 is 28.7 Å². The number of likely N-dealkylation sites (N-methyl/N-ethyl adjacent to an activating group) is 1. The van der Waals surface area contributed by atoms with Gasteiger partial charge in [-0.25, -0.2) is 9.69 Å². The van der Waals surface area contributed by atoms with Crippen LogP contribution in [0.1, 0.15) is 17.3 Å². The molecule has 3 rings (SSSR count). The van der Waals surface area contributed by atoms with Gasteiger partial charge in [0.2, 0.25) is 6.79 Å². The van der Waals surface area contributed by atoms with Gasteiger partial charge in [-0.05, 0) is 25.1 Å². The molecule has 0 N–H and O–H groups in total. The summed E-state index contributed by atoms with van der Waals surface area (Å²) in [5.41, 5.74) is 0.271. The normalized spacial score (nSPS) is 16.7. The third-order valence-corrected chi connectivity index (χ3v) is 3.45. The number of carbonyl (C=O) groups excluding carboxylic acids is 4. The predicted octanol–water partition coefficient (Wildman–Crippen LogP) is 0.409. The molecule has 0 unspecified atom stereocenters. The standard InChI is InChI=1S/C14H12N2O6/c1-2-15-12(18)13(19)16(14(15)20)6-9(17)8-3-4-10-11(5-8)22-7-21-10/h3-5H,2,6-7H2,1H3. The monoisotopic (exact) mass is 304 g/mol. The average molecular weight is 304 g/mol. The van der Waals surface area contributed by atoms with Gasteiger partial charge in [0, 0.05) is 12.1 Å². The molecule has 0 aliphatic carbocycles. The molecule has 1 fully saturated rings. The van der Waals surface area contributed by atoms with Crippen LogP contribution in [0.5, 0.6) is 11.5 Å². The molecule has 22 heavy (non-hydrogen) atoms. The second kappa shape index (κ2) is 5.14. The fourth-order valence-electron chi connectivity index (χ4n) is 2.27. The van der Waals surface area contributed by atoms with Crippen molar-refractivity contribution in [3.63, 3.8) is 0 Å². The minimum absolute atomic E-state index is 0.0794. The molecule has 4 amide bonds. The summed E-state index contributed by atoms with van der Waals surface area (Å²) < 4.78 is 10.3. The minimum atomic E-state index is -0.985. The first-order valence-corrected chi connectivity index (χ1v) is 6.63. The van der Waals surface area contributed by atoms with Gasteiger partial charge < -0.3 is 9.47 Å². The number of Topliss-reactive ketones (excluding diaryl/α,β-unsaturated/α-hetero) is 1. The number of carbonyl (C=O) groups is 4. The van der Waals surface area contributed by atoms with Crippen LogP contribution in [0.3, 0.4) is 0 Å². The molecule has 114 valence electrons. The Kier molecular flexibility index (Phi) is 3.28. The summed E-state index contributed by atoms with van der Waals surface area (Å²) in [5, 5.41) is 0. The highest BCUT2D eigenvalue weighted by Crippen LogP contribution is 2.32. The van der Waals surface area contributed by atoms with E-state index in [1.165, 1.54) is 12.1 Å². The Morgan fingerprint density at radius 2 is 1.77 bits per heavy atom. The Labute approximate surface area is 125 Å². The van der Waals surface area contributed by atoms with E-state index in [0.29, 0.717) is 16.4 Å². The molecule has 1 aromatic rings. The van der Waals surface area contributed by atoms with Crippen molar-refractivity contribution in [3.05, 3.63) is 23.8 Å². The van der Waals surface area contributed by atoms with Gasteiger partial charge in [-0.1, -0.05) is 0 Å². The van der Waals surface area contributed by atoms with Crippen LogP contribution in [0.25, 0.3) is 0 Å². The zero-order valence-corrected chi connectivity index (χ0v) is 11.7. The maximum Gasteiger partial charge on any atom is 0.334 e. The molecule has 2 heterocycles. The number of benzene rings is 1. The maximum atomic E-state index is 12.2. The summed E-state index contributed by atoms with van der Waals surface area (Å²) in [7, 11) is 0. The number of hydrogen-bond donors (Lipinski definition) is 0. The summed E-state index contributed by atoms with van der Waals surface area (Å²) in [6.07, 6.45) is 0. The van der Waals surface area contributed by atoms with Crippen LogP contribution in [0.15, 0.2) is 18.2 Å². The average Bonchev–Trinajstić information content (AvgIpc) is 3.05. The van der Waals surface area contributed by atoms with Crippen LogP contribution in [0, 0.1) is 0 Å². The van der Waals surface area contributed by atoms with Gasteiger partial charge in [0.05, 0.1) is 6.54 Å². The maximum absolute atomic E-state index is 12.2. The van der Waals surface area contributed by atoms with E-state index in [1.807, 2.05) is 0 Å². The lowest BCUT2D eigenvalue weighted by Crippen LogP contribution is -2.36. The zero-order valence-electron chi connectivity index (χ0n) is 11.7. The van der Waals surface area contributed by atoms with Crippen molar-refractivity contribution in [3.8, 4) is 11.5 Å². The number of nitrogens with zero attached hydrogens (tertiary/aromatic N) is 2. The number of ketones is 1. The lowest BCUT2D eigenvalue weighted by molar-refractivity contribution is -0.143. The van der Waals surface area contributed by atoms with Gasteiger partial charge in [-0.3, -0.25) is 19.3 Å². The van der Waals surface area contributed by atoms with Crippen molar-refractivity contribution in [1.29, 1.82) is 0 Å². The molecule has 1 aromatic carbocycles. The second-order valence-corrected chi connectivity index (χ2v) is 4.71. The number of fused-ring (bicyclic) bond motifs is 1. The minimum Gasteiger partial charge on any atom is -0.454 e. The van der Waals surface area contributed by atoms with E-state index in [2.05, 4.69) is 0 Å². The summed E-state index contributed by atoms with van der Waals surface area (Å²) >= 11 is 0. The van der Waals surface area contributed by atoms with E-state index in [0.717, 1.165) is 4.90 Å². The first-order chi connectivity index (χ1) is 10.5. The smallest absolute Gasteiger partial charge is 0.334 e. The molecule has 0 spiro atoms. The molecule has 8 heteroatoms. The summed E-state index contributed by atoms with van der Waals surface area (Å²) in [6, 6.07) is 3.80. The molecule has 0 radical (unpaired) electrons. The third kappa shape index (κ3) is 2.09. The topological polar surface area (TPSA) is 93.2 Å². The lowest BCUT2D eigenvalue weighted by atomic mass is 10.1. The van der Waals surface area contributed by atoms with E-state index < -0.39 is 30.2 Å². The molecular formula is C14H12N2O6. The zero-order chi connectivity index (χ0) is 15.9. The predicted molar refractivity (Wildman–Crippen MR) is 71.4 cm³/mol. The number of hydrogen-bond acceptors (Lipinski definition) is 6. The highest BCUT2D eigenvalue weighted by atomic mass is 16.7. The molecule has 8 nitrogen and oxygen atoms in total. The van der Waals surface area contributed by atoms with Crippen molar-refractivity contribution >= 4 is 23.6 Å². The Morgan fingerprint density at radius 3 is 2.45 bits per heavy atom. The second-order valence-electron chi connectivity index (χ2n) is 4.71. The molecule has 2 aliphatic rings. The molecule has 0 aromatic heterocycles. The lowest BCUT2D eigenvalue weighted by Gasteiger charge is -2.13. The quantitative estimate of drug-likeness (QED) is 0.454. The number of amides is 4. The van der Waals surface area contributed by atoms with Crippen molar-refractivity contribution in [2.45, 2.75) is 6.92 Å². The van der Waals surface area contributed by atoms with Crippen LogP contribution in [0.4, 0.5) is 4.79 Å². The first-order valence-electron chi connectivity index (χ1n) is 6.63.